The van der Waals surface area contributed by atoms with E-state index in [2.05, 4.69) is 0 Å². The van der Waals surface area contributed by atoms with E-state index in [9.17, 15) is 18.3 Å². The Kier molecular flexibility index (Phi) is 3.67. The molecule has 0 spiro atoms. The molecule has 0 atom stereocenters. The van der Waals surface area contributed by atoms with Gasteiger partial charge in [0.2, 0.25) is 0 Å². The minimum Gasteiger partial charge on any atom is -0.478 e. The number of rotatable bonds is 5. The summed E-state index contributed by atoms with van der Waals surface area (Å²) in [5, 5.41) is 9.27. The second kappa shape index (κ2) is 4.96. The van der Waals surface area contributed by atoms with Crippen LogP contribution in [-0.4, -0.2) is 25.2 Å². The highest BCUT2D eigenvalue weighted by Gasteiger charge is 2.35. The maximum absolute atomic E-state index is 12.3. The first-order chi connectivity index (χ1) is 8.92. The van der Waals surface area contributed by atoms with E-state index in [1.54, 1.807) is 19.1 Å². The zero-order valence-electron chi connectivity index (χ0n) is 11.1. The van der Waals surface area contributed by atoms with Crippen molar-refractivity contribution in [3.63, 3.8) is 0 Å². The van der Waals surface area contributed by atoms with Crippen LogP contribution in [-0.2, 0) is 16.3 Å². The lowest BCUT2D eigenvalue weighted by Gasteiger charge is -2.16. The molecule has 1 N–H and O–H groups in total. The van der Waals surface area contributed by atoms with Crippen molar-refractivity contribution in [2.24, 2.45) is 0 Å². The Hall–Kier alpha value is -1.36. The second-order valence-electron chi connectivity index (χ2n) is 4.85. The summed E-state index contributed by atoms with van der Waals surface area (Å²) in [6, 6.07) is 3.18. The van der Waals surface area contributed by atoms with Crippen molar-refractivity contribution in [2.45, 2.75) is 43.9 Å². The van der Waals surface area contributed by atoms with Crippen LogP contribution >= 0.6 is 0 Å². The molecule has 5 heteroatoms. The Balaban J connectivity index is 2.79. The SMILES string of the molecule is CCc1ccc(C(=O)O)c(C2CC2)c1S(=O)(=O)CC. The molecule has 1 aromatic rings. The number of aromatic carboxylic acids is 1. The summed E-state index contributed by atoms with van der Waals surface area (Å²) in [6.45, 7) is 3.49. The fraction of sp³-hybridized carbons (Fsp3) is 0.500. The molecule has 0 amide bonds. The molecular formula is C14H18O4S. The van der Waals surface area contributed by atoms with E-state index in [0.717, 1.165) is 18.4 Å². The minimum absolute atomic E-state index is 0.00277. The molecule has 0 aromatic heterocycles. The molecule has 1 aliphatic rings. The van der Waals surface area contributed by atoms with Gasteiger partial charge in [-0.15, -0.1) is 0 Å². The number of carboxylic acids is 1. The van der Waals surface area contributed by atoms with Crippen molar-refractivity contribution in [2.75, 3.05) is 5.75 Å². The van der Waals surface area contributed by atoms with E-state index in [4.69, 9.17) is 0 Å². The minimum atomic E-state index is -3.40. The van der Waals surface area contributed by atoms with Crippen molar-refractivity contribution in [1.82, 2.24) is 0 Å². The summed E-state index contributed by atoms with van der Waals surface area (Å²) in [7, 11) is -3.40. The number of sulfone groups is 1. The Morgan fingerprint density at radius 2 is 1.95 bits per heavy atom. The maximum atomic E-state index is 12.3. The van der Waals surface area contributed by atoms with Gasteiger partial charge in [-0.3, -0.25) is 0 Å². The highest BCUT2D eigenvalue weighted by atomic mass is 32.2. The van der Waals surface area contributed by atoms with Crippen molar-refractivity contribution < 1.29 is 18.3 Å². The molecule has 0 unspecified atom stereocenters. The third kappa shape index (κ3) is 2.52. The maximum Gasteiger partial charge on any atom is 0.336 e. The van der Waals surface area contributed by atoms with E-state index < -0.39 is 15.8 Å². The van der Waals surface area contributed by atoms with E-state index in [1.807, 2.05) is 6.92 Å². The standard InChI is InChI=1S/C14H18O4S/c1-3-9-7-8-11(14(15)16)12(10-5-6-10)13(9)19(17,18)4-2/h7-8,10H,3-6H2,1-2H3,(H,15,16). The first-order valence-corrected chi connectivity index (χ1v) is 8.19. The van der Waals surface area contributed by atoms with Crippen molar-refractivity contribution in [3.8, 4) is 0 Å². The topological polar surface area (TPSA) is 71.4 Å². The molecule has 1 aromatic carbocycles. The van der Waals surface area contributed by atoms with Crippen molar-refractivity contribution in [1.29, 1.82) is 0 Å². The van der Waals surface area contributed by atoms with Gasteiger partial charge in [-0.2, -0.15) is 0 Å². The van der Waals surface area contributed by atoms with Crippen LogP contribution in [0.2, 0.25) is 0 Å². The largest absolute Gasteiger partial charge is 0.478 e. The lowest BCUT2D eigenvalue weighted by Crippen LogP contribution is -2.14. The molecule has 4 nitrogen and oxygen atoms in total. The normalized spacial score (nSPS) is 15.5. The van der Waals surface area contributed by atoms with Gasteiger partial charge in [0.25, 0.3) is 0 Å². The molecule has 0 heterocycles. The van der Waals surface area contributed by atoms with Gasteiger partial charge in [-0.25, -0.2) is 13.2 Å². The number of carbonyl (C=O) groups is 1. The lowest BCUT2D eigenvalue weighted by atomic mass is 9.99. The Morgan fingerprint density at radius 3 is 2.37 bits per heavy atom. The molecular weight excluding hydrogens is 264 g/mol. The van der Waals surface area contributed by atoms with E-state index in [0.29, 0.717) is 12.0 Å². The van der Waals surface area contributed by atoms with Crippen LogP contribution in [0, 0.1) is 0 Å². The number of carboxylic acid groups (broad SMARTS) is 1. The smallest absolute Gasteiger partial charge is 0.336 e. The van der Waals surface area contributed by atoms with Gasteiger partial charge in [0.05, 0.1) is 16.2 Å². The van der Waals surface area contributed by atoms with Crippen LogP contribution in [0.1, 0.15) is 54.1 Å². The molecule has 2 rings (SSSR count). The average molecular weight is 282 g/mol. The van der Waals surface area contributed by atoms with Gasteiger partial charge in [0, 0.05) is 0 Å². The van der Waals surface area contributed by atoms with Gasteiger partial charge in [0.15, 0.2) is 9.84 Å². The first kappa shape index (κ1) is 14.1. The van der Waals surface area contributed by atoms with Gasteiger partial charge in [0.1, 0.15) is 0 Å². The molecule has 0 aliphatic heterocycles. The second-order valence-corrected chi connectivity index (χ2v) is 7.07. The summed E-state index contributed by atoms with van der Waals surface area (Å²) in [6.07, 6.45) is 2.34. The fourth-order valence-electron chi connectivity index (χ4n) is 2.40. The Bertz CT molecular complexity index is 613. The van der Waals surface area contributed by atoms with Crippen LogP contribution in [0.25, 0.3) is 0 Å². The lowest BCUT2D eigenvalue weighted by molar-refractivity contribution is 0.0695. The average Bonchev–Trinajstić information content (AvgIpc) is 3.20. The summed E-state index contributed by atoms with van der Waals surface area (Å²) < 4.78 is 24.6. The van der Waals surface area contributed by atoms with Gasteiger partial charge in [-0.1, -0.05) is 19.9 Å². The monoisotopic (exact) mass is 282 g/mol. The molecule has 0 saturated heterocycles. The molecule has 0 bridgehead atoms. The summed E-state index contributed by atoms with van der Waals surface area (Å²) in [5.74, 6) is -0.950. The third-order valence-electron chi connectivity index (χ3n) is 3.57. The van der Waals surface area contributed by atoms with E-state index in [-0.39, 0.29) is 22.1 Å². The highest BCUT2D eigenvalue weighted by molar-refractivity contribution is 7.91. The molecule has 0 radical (unpaired) electrons. The highest BCUT2D eigenvalue weighted by Crippen LogP contribution is 2.45. The predicted molar refractivity (Wildman–Crippen MR) is 72.5 cm³/mol. The van der Waals surface area contributed by atoms with Gasteiger partial charge >= 0.3 is 5.97 Å². The van der Waals surface area contributed by atoms with Crippen LogP contribution < -0.4 is 0 Å². The third-order valence-corrected chi connectivity index (χ3v) is 5.43. The predicted octanol–water partition coefficient (Wildman–Crippen LogP) is 2.62. The molecule has 1 saturated carbocycles. The van der Waals surface area contributed by atoms with Gasteiger partial charge in [-0.05, 0) is 42.4 Å². The van der Waals surface area contributed by atoms with Crippen LogP contribution in [0.4, 0.5) is 0 Å². The van der Waals surface area contributed by atoms with Crippen LogP contribution in [0.5, 0.6) is 0 Å². The van der Waals surface area contributed by atoms with Crippen molar-refractivity contribution in [3.05, 3.63) is 28.8 Å². The number of hydrogen-bond acceptors (Lipinski definition) is 3. The molecule has 104 valence electrons. The van der Waals surface area contributed by atoms with Gasteiger partial charge < -0.3 is 5.11 Å². The Labute approximate surface area is 113 Å². The van der Waals surface area contributed by atoms with Crippen molar-refractivity contribution >= 4 is 15.8 Å². The number of benzene rings is 1. The van der Waals surface area contributed by atoms with Crippen LogP contribution in [0.3, 0.4) is 0 Å². The zero-order valence-corrected chi connectivity index (χ0v) is 12.0. The quantitative estimate of drug-likeness (QED) is 0.901. The molecule has 19 heavy (non-hydrogen) atoms. The number of aryl methyl sites for hydroxylation is 1. The number of hydrogen-bond donors (Lipinski definition) is 1. The summed E-state index contributed by atoms with van der Waals surface area (Å²) in [4.78, 5) is 11.6. The molecule has 1 fully saturated rings. The molecule has 1 aliphatic carbocycles. The van der Waals surface area contributed by atoms with Crippen LogP contribution in [0.15, 0.2) is 17.0 Å². The zero-order chi connectivity index (χ0) is 14.2. The van der Waals surface area contributed by atoms with E-state index in [1.165, 1.54) is 0 Å². The Morgan fingerprint density at radius 1 is 1.32 bits per heavy atom. The van der Waals surface area contributed by atoms with E-state index >= 15 is 0 Å². The fourth-order valence-corrected chi connectivity index (χ4v) is 3.91. The summed E-state index contributed by atoms with van der Waals surface area (Å²) in [5.41, 5.74) is 1.41. The summed E-state index contributed by atoms with van der Waals surface area (Å²) >= 11 is 0. The first-order valence-electron chi connectivity index (χ1n) is 6.54.